The summed E-state index contributed by atoms with van der Waals surface area (Å²) in [4.78, 5) is 29.4. The van der Waals surface area contributed by atoms with Gasteiger partial charge in [-0.15, -0.1) is 0 Å². The standard InChI is InChI=1S/C24H28N4O5/c1-15(29)27-21-20-11-17(25-12-16-6-4-7-18(10-16)31-2)13-26-23(20)28(22(21)24(30)32-3)14-19-8-5-9-33-19/h4,6-7,10-11,13,19,25H,5,8-9,12,14H2,1-3H3,(H,27,29). The Labute approximate surface area is 192 Å². The van der Waals surface area contributed by atoms with Crippen LogP contribution in [0.5, 0.6) is 5.75 Å². The molecule has 174 valence electrons. The zero-order valence-corrected chi connectivity index (χ0v) is 19.0. The average Bonchev–Trinajstić information content (AvgIpc) is 3.44. The van der Waals surface area contributed by atoms with Crippen molar-refractivity contribution in [3.8, 4) is 5.75 Å². The molecule has 9 nitrogen and oxygen atoms in total. The van der Waals surface area contributed by atoms with Crippen LogP contribution in [0.1, 0.15) is 35.8 Å². The summed E-state index contributed by atoms with van der Waals surface area (Å²) < 4.78 is 17.9. The first kappa shape index (κ1) is 22.6. The average molecular weight is 453 g/mol. The second kappa shape index (κ2) is 9.91. The van der Waals surface area contributed by atoms with E-state index in [4.69, 9.17) is 14.2 Å². The van der Waals surface area contributed by atoms with Crippen LogP contribution in [0.2, 0.25) is 0 Å². The SMILES string of the molecule is COC(=O)c1c(NC(C)=O)c2cc(NCc3cccc(OC)c3)cnc2n1CC1CCCO1. The van der Waals surface area contributed by atoms with Crippen molar-refractivity contribution in [2.75, 3.05) is 31.5 Å². The molecule has 1 unspecified atom stereocenters. The fourth-order valence-electron chi connectivity index (χ4n) is 4.09. The topological polar surface area (TPSA) is 104 Å². The molecule has 33 heavy (non-hydrogen) atoms. The lowest BCUT2D eigenvalue weighted by atomic mass is 10.2. The highest BCUT2D eigenvalue weighted by molar-refractivity contribution is 6.10. The van der Waals surface area contributed by atoms with Gasteiger partial charge in [-0.3, -0.25) is 4.79 Å². The van der Waals surface area contributed by atoms with Gasteiger partial charge in [-0.05, 0) is 36.6 Å². The summed E-state index contributed by atoms with van der Waals surface area (Å²) in [6.07, 6.45) is 3.56. The van der Waals surface area contributed by atoms with Crippen molar-refractivity contribution < 1.29 is 23.8 Å². The first-order valence-electron chi connectivity index (χ1n) is 10.9. The largest absolute Gasteiger partial charge is 0.497 e. The van der Waals surface area contributed by atoms with Gasteiger partial charge in [-0.25, -0.2) is 9.78 Å². The molecule has 1 aliphatic heterocycles. The maximum atomic E-state index is 12.7. The van der Waals surface area contributed by atoms with E-state index in [-0.39, 0.29) is 17.7 Å². The Balaban J connectivity index is 1.73. The molecule has 3 heterocycles. The minimum Gasteiger partial charge on any atom is -0.497 e. The first-order valence-corrected chi connectivity index (χ1v) is 10.9. The van der Waals surface area contributed by atoms with E-state index >= 15 is 0 Å². The molecule has 1 saturated heterocycles. The van der Waals surface area contributed by atoms with Gasteiger partial charge in [0.15, 0.2) is 5.69 Å². The van der Waals surface area contributed by atoms with E-state index in [1.54, 1.807) is 17.9 Å². The number of nitrogens with one attached hydrogen (secondary N) is 2. The highest BCUT2D eigenvalue weighted by Crippen LogP contribution is 2.34. The quantitative estimate of drug-likeness (QED) is 0.504. The summed E-state index contributed by atoms with van der Waals surface area (Å²) in [5.41, 5.74) is 3.03. The summed E-state index contributed by atoms with van der Waals surface area (Å²) in [6.45, 7) is 3.11. The zero-order chi connectivity index (χ0) is 23.4. The van der Waals surface area contributed by atoms with Gasteiger partial charge in [0.1, 0.15) is 11.4 Å². The van der Waals surface area contributed by atoms with Crippen LogP contribution in [0.3, 0.4) is 0 Å². The molecule has 1 amide bonds. The van der Waals surface area contributed by atoms with Gasteiger partial charge in [-0.1, -0.05) is 12.1 Å². The van der Waals surface area contributed by atoms with Crippen molar-refractivity contribution in [2.45, 2.75) is 39.0 Å². The number of rotatable bonds is 8. The molecule has 0 radical (unpaired) electrons. The Morgan fingerprint density at radius 3 is 2.82 bits per heavy atom. The molecule has 4 rings (SSSR count). The van der Waals surface area contributed by atoms with Gasteiger partial charge in [0, 0.05) is 25.5 Å². The normalized spacial score (nSPS) is 15.4. The fourth-order valence-corrected chi connectivity index (χ4v) is 4.09. The number of nitrogens with zero attached hydrogens (tertiary/aromatic N) is 2. The van der Waals surface area contributed by atoms with E-state index in [2.05, 4.69) is 15.6 Å². The number of benzene rings is 1. The fraction of sp³-hybridized carbons (Fsp3) is 0.375. The van der Waals surface area contributed by atoms with Crippen molar-refractivity contribution in [1.29, 1.82) is 0 Å². The van der Waals surface area contributed by atoms with Gasteiger partial charge in [0.25, 0.3) is 0 Å². The second-order valence-electron chi connectivity index (χ2n) is 7.94. The molecule has 2 N–H and O–H groups in total. The molecule has 1 aromatic carbocycles. The van der Waals surface area contributed by atoms with E-state index < -0.39 is 5.97 Å². The van der Waals surface area contributed by atoms with Crippen molar-refractivity contribution in [1.82, 2.24) is 9.55 Å². The molecule has 9 heteroatoms. The number of aromatic nitrogens is 2. The zero-order valence-electron chi connectivity index (χ0n) is 19.0. The number of hydrogen-bond acceptors (Lipinski definition) is 7. The summed E-state index contributed by atoms with van der Waals surface area (Å²) in [5, 5.41) is 6.81. The van der Waals surface area contributed by atoms with Gasteiger partial charge >= 0.3 is 5.97 Å². The molecule has 1 aliphatic rings. The third kappa shape index (κ3) is 4.93. The lowest BCUT2D eigenvalue weighted by Crippen LogP contribution is -2.21. The Kier molecular flexibility index (Phi) is 6.79. The third-order valence-corrected chi connectivity index (χ3v) is 5.62. The van der Waals surface area contributed by atoms with E-state index in [1.807, 2.05) is 30.3 Å². The molecular weight excluding hydrogens is 424 g/mol. The van der Waals surface area contributed by atoms with E-state index in [0.717, 1.165) is 29.8 Å². The van der Waals surface area contributed by atoms with E-state index in [0.29, 0.717) is 36.4 Å². The minimum absolute atomic E-state index is 0.0261. The second-order valence-corrected chi connectivity index (χ2v) is 7.94. The number of ether oxygens (including phenoxy) is 3. The van der Waals surface area contributed by atoms with Gasteiger partial charge < -0.3 is 29.4 Å². The number of carbonyl (C=O) groups excluding carboxylic acids is 2. The summed E-state index contributed by atoms with van der Waals surface area (Å²) in [6, 6.07) is 9.65. The molecule has 0 spiro atoms. The molecule has 0 bridgehead atoms. The molecule has 3 aromatic rings. The molecule has 2 aromatic heterocycles. The lowest BCUT2D eigenvalue weighted by molar-refractivity contribution is -0.114. The van der Waals surface area contributed by atoms with Crippen molar-refractivity contribution in [3.05, 3.63) is 47.8 Å². The number of carbonyl (C=O) groups is 2. The number of esters is 1. The lowest BCUT2D eigenvalue weighted by Gasteiger charge is -2.14. The number of pyridine rings is 1. The number of anilines is 2. The smallest absolute Gasteiger partial charge is 0.356 e. The summed E-state index contributed by atoms with van der Waals surface area (Å²) in [7, 11) is 2.95. The molecule has 1 fully saturated rings. The van der Waals surface area contributed by atoms with Gasteiger partial charge in [-0.2, -0.15) is 0 Å². The van der Waals surface area contributed by atoms with Crippen LogP contribution in [0, 0.1) is 0 Å². The highest BCUT2D eigenvalue weighted by atomic mass is 16.5. The molecular formula is C24H28N4O5. The minimum atomic E-state index is -0.541. The Morgan fingerprint density at radius 1 is 1.27 bits per heavy atom. The summed E-state index contributed by atoms with van der Waals surface area (Å²) in [5.74, 6) is -0.0450. The molecule has 0 saturated carbocycles. The van der Waals surface area contributed by atoms with Crippen molar-refractivity contribution in [3.63, 3.8) is 0 Å². The van der Waals surface area contributed by atoms with E-state index in [9.17, 15) is 9.59 Å². The van der Waals surface area contributed by atoms with Crippen LogP contribution < -0.4 is 15.4 Å². The monoisotopic (exact) mass is 452 g/mol. The van der Waals surface area contributed by atoms with Crippen LogP contribution >= 0.6 is 0 Å². The van der Waals surface area contributed by atoms with Crippen LogP contribution in [0.15, 0.2) is 36.5 Å². The maximum Gasteiger partial charge on any atom is 0.356 e. The van der Waals surface area contributed by atoms with Crippen LogP contribution in [-0.4, -0.2) is 48.4 Å². The Bertz CT molecular complexity index is 1170. The van der Waals surface area contributed by atoms with Crippen molar-refractivity contribution in [2.24, 2.45) is 0 Å². The number of methoxy groups -OCH3 is 2. The highest BCUT2D eigenvalue weighted by Gasteiger charge is 2.28. The van der Waals surface area contributed by atoms with Crippen LogP contribution in [-0.2, 0) is 27.4 Å². The Hall–Kier alpha value is -3.59. The van der Waals surface area contributed by atoms with E-state index in [1.165, 1.54) is 14.0 Å². The molecule has 0 aliphatic carbocycles. The van der Waals surface area contributed by atoms with Gasteiger partial charge in [0.05, 0.1) is 44.4 Å². The first-order chi connectivity index (χ1) is 16.0. The van der Waals surface area contributed by atoms with Crippen molar-refractivity contribution >= 4 is 34.3 Å². The Morgan fingerprint density at radius 2 is 2.12 bits per heavy atom. The van der Waals surface area contributed by atoms with Gasteiger partial charge in [0.2, 0.25) is 5.91 Å². The maximum absolute atomic E-state index is 12.7. The predicted molar refractivity (Wildman–Crippen MR) is 125 cm³/mol. The van der Waals surface area contributed by atoms with Crippen LogP contribution in [0.4, 0.5) is 11.4 Å². The molecule has 1 atom stereocenters. The third-order valence-electron chi connectivity index (χ3n) is 5.62. The number of amides is 1. The van der Waals surface area contributed by atoms with Crippen LogP contribution in [0.25, 0.3) is 11.0 Å². The number of hydrogen-bond donors (Lipinski definition) is 2. The number of fused-ring (bicyclic) bond motifs is 1. The summed E-state index contributed by atoms with van der Waals surface area (Å²) >= 11 is 0. The predicted octanol–water partition coefficient (Wildman–Crippen LogP) is 3.58.